The van der Waals surface area contributed by atoms with Gasteiger partial charge >= 0.3 is 0 Å². The fourth-order valence-corrected chi connectivity index (χ4v) is 2.47. The summed E-state index contributed by atoms with van der Waals surface area (Å²) in [7, 11) is 0. The molecule has 0 radical (unpaired) electrons. The minimum absolute atomic E-state index is 0.148. The molecule has 0 aromatic carbocycles. The Morgan fingerprint density at radius 2 is 2.15 bits per heavy atom. The van der Waals surface area contributed by atoms with Gasteiger partial charge in [-0.2, -0.15) is 0 Å². The Morgan fingerprint density at radius 3 is 2.80 bits per heavy atom. The van der Waals surface area contributed by atoms with Gasteiger partial charge in [0.05, 0.1) is 12.2 Å². The van der Waals surface area contributed by atoms with Crippen LogP contribution < -0.4 is 5.32 Å². The van der Waals surface area contributed by atoms with Gasteiger partial charge < -0.3 is 10.1 Å². The highest BCUT2D eigenvalue weighted by atomic mass is 16.5. The molecule has 1 N–H and O–H groups in total. The Bertz CT molecular complexity index is 456. The molecule has 2 rings (SSSR count). The molecule has 1 aromatic rings. The number of rotatable bonds is 4. The van der Waals surface area contributed by atoms with Gasteiger partial charge in [0.1, 0.15) is 11.5 Å². The van der Waals surface area contributed by atoms with Crippen molar-refractivity contribution in [1.29, 1.82) is 0 Å². The molecule has 2 unspecified atom stereocenters. The second-order valence-electron chi connectivity index (χ2n) is 5.26. The molecule has 6 heteroatoms. The van der Waals surface area contributed by atoms with Gasteiger partial charge in [0.15, 0.2) is 0 Å². The van der Waals surface area contributed by atoms with Gasteiger partial charge in [-0.15, -0.1) is 0 Å². The van der Waals surface area contributed by atoms with E-state index in [-0.39, 0.29) is 18.1 Å². The summed E-state index contributed by atoms with van der Waals surface area (Å²) in [6, 6.07) is 1.63. The standard InChI is InChI=1S/C14H22N4O2/c1-10-8-18(9-11(2)20-10)7-6-16-14(19)13-4-5-15-12(3)17-13/h4-5,10-11H,6-9H2,1-3H3,(H,16,19). The van der Waals surface area contributed by atoms with E-state index in [0.29, 0.717) is 18.1 Å². The van der Waals surface area contributed by atoms with E-state index >= 15 is 0 Å². The Hall–Kier alpha value is -1.53. The van der Waals surface area contributed by atoms with Gasteiger partial charge in [-0.05, 0) is 26.8 Å². The van der Waals surface area contributed by atoms with Crippen molar-refractivity contribution in [2.24, 2.45) is 0 Å². The van der Waals surface area contributed by atoms with E-state index in [1.54, 1.807) is 19.2 Å². The number of nitrogens with one attached hydrogen (secondary N) is 1. The normalized spacial score (nSPS) is 23.6. The van der Waals surface area contributed by atoms with Gasteiger partial charge in [0.25, 0.3) is 5.91 Å². The number of nitrogens with zero attached hydrogens (tertiary/aromatic N) is 3. The molecule has 20 heavy (non-hydrogen) atoms. The van der Waals surface area contributed by atoms with E-state index in [0.717, 1.165) is 19.6 Å². The van der Waals surface area contributed by atoms with E-state index in [1.165, 1.54) is 0 Å². The van der Waals surface area contributed by atoms with E-state index < -0.39 is 0 Å². The van der Waals surface area contributed by atoms with Crippen LogP contribution in [0, 0.1) is 6.92 Å². The van der Waals surface area contributed by atoms with Crippen LogP contribution in [-0.4, -0.2) is 59.2 Å². The first kappa shape index (κ1) is 14.9. The van der Waals surface area contributed by atoms with Gasteiger partial charge in [0, 0.05) is 32.4 Å². The lowest BCUT2D eigenvalue weighted by Gasteiger charge is -2.35. The Labute approximate surface area is 119 Å². The first-order valence-electron chi connectivity index (χ1n) is 7.00. The summed E-state index contributed by atoms with van der Waals surface area (Å²) < 4.78 is 5.68. The molecule has 110 valence electrons. The number of hydrogen-bond acceptors (Lipinski definition) is 5. The zero-order chi connectivity index (χ0) is 14.5. The maximum atomic E-state index is 11.9. The molecule has 0 bridgehead atoms. The predicted molar refractivity (Wildman–Crippen MR) is 75.6 cm³/mol. The van der Waals surface area contributed by atoms with Crippen molar-refractivity contribution in [1.82, 2.24) is 20.2 Å². The summed E-state index contributed by atoms with van der Waals surface area (Å²) in [5, 5.41) is 2.89. The van der Waals surface area contributed by atoms with Crippen molar-refractivity contribution in [2.45, 2.75) is 33.0 Å². The molecule has 0 saturated carbocycles. The number of ether oxygens (including phenoxy) is 1. The fourth-order valence-electron chi connectivity index (χ4n) is 2.47. The van der Waals surface area contributed by atoms with Crippen molar-refractivity contribution >= 4 is 5.91 Å². The molecule has 1 fully saturated rings. The molecular formula is C14H22N4O2. The van der Waals surface area contributed by atoms with Crippen LogP contribution >= 0.6 is 0 Å². The highest BCUT2D eigenvalue weighted by Gasteiger charge is 2.21. The van der Waals surface area contributed by atoms with Crippen molar-refractivity contribution < 1.29 is 9.53 Å². The number of aryl methyl sites for hydroxylation is 1. The minimum Gasteiger partial charge on any atom is -0.373 e. The second-order valence-corrected chi connectivity index (χ2v) is 5.26. The topological polar surface area (TPSA) is 67.4 Å². The second kappa shape index (κ2) is 6.76. The summed E-state index contributed by atoms with van der Waals surface area (Å²) in [6.07, 6.45) is 2.10. The van der Waals surface area contributed by atoms with E-state index in [9.17, 15) is 4.79 Å². The summed E-state index contributed by atoms with van der Waals surface area (Å²) in [6.45, 7) is 9.18. The molecule has 1 aliphatic heterocycles. The van der Waals surface area contributed by atoms with E-state index in [2.05, 4.69) is 34.0 Å². The molecule has 1 amide bonds. The lowest BCUT2D eigenvalue weighted by molar-refractivity contribution is -0.0672. The lowest BCUT2D eigenvalue weighted by Crippen LogP contribution is -2.47. The average molecular weight is 278 g/mol. The van der Waals surface area contributed by atoms with Gasteiger partial charge in [-0.1, -0.05) is 0 Å². The quantitative estimate of drug-likeness (QED) is 0.874. The highest BCUT2D eigenvalue weighted by molar-refractivity contribution is 5.92. The number of carbonyl (C=O) groups is 1. The highest BCUT2D eigenvalue weighted by Crippen LogP contribution is 2.09. The number of carbonyl (C=O) groups excluding carboxylic acids is 1. The number of morpholine rings is 1. The van der Waals surface area contributed by atoms with Crippen molar-refractivity contribution in [3.8, 4) is 0 Å². The number of hydrogen-bond donors (Lipinski definition) is 1. The van der Waals surface area contributed by atoms with Crippen LogP contribution in [0.1, 0.15) is 30.2 Å². The molecule has 0 aliphatic carbocycles. The zero-order valence-electron chi connectivity index (χ0n) is 12.3. The smallest absolute Gasteiger partial charge is 0.270 e. The Morgan fingerprint density at radius 1 is 1.45 bits per heavy atom. The largest absolute Gasteiger partial charge is 0.373 e. The van der Waals surface area contributed by atoms with E-state index in [4.69, 9.17) is 4.74 Å². The Balaban J connectivity index is 1.77. The van der Waals surface area contributed by atoms with Crippen LogP contribution in [-0.2, 0) is 4.74 Å². The van der Waals surface area contributed by atoms with Crippen LogP contribution in [0.2, 0.25) is 0 Å². The molecule has 2 heterocycles. The molecular weight excluding hydrogens is 256 g/mol. The SMILES string of the molecule is Cc1nccc(C(=O)NCCN2CC(C)OC(C)C2)n1. The van der Waals surface area contributed by atoms with Crippen LogP contribution in [0.4, 0.5) is 0 Å². The Kier molecular flexibility index (Phi) is 5.03. The average Bonchev–Trinajstić information content (AvgIpc) is 2.37. The predicted octanol–water partition coefficient (Wildman–Crippen LogP) is 0.624. The maximum absolute atomic E-state index is 11.9. The monoisotopic (exact) mass is 278 g/mol. The summed E-state index contributed by atoms with van der Waals surface area (Å²) in [4.78, 5) is 22.3. The molecule has 1 aromatic heterocycles. The fraction of sp³-hybridized carbons (Fsp3) is 0.643. The molecule has 2 atom stereocenters. The van der Waals surface area contributed by atoms with Crippen LogP contribution in [0.25, 0.3) is 0 Å². The third-order valence-electron chi connectivity index (χ3n) is 3.22. The number of amides is 1. The molecule has 0 spiro atoms. The number of aromatic nitrogens is 2. The molecule has 1 saturated heterocycles. The third kappa shape index (κ3) is 4.25. The first-order valence-corrected chi connectivity index (χ1v) is 7.00. The van der Waals surface area contributed by atoms with Gasteiger partial charge in [0.2, 0.25) is 0 Å². The van der Waals surface area contributed by atoms with E-state index in [1.807, 2.05) is 0 Å². The van der Waals surface area contributed by atoms with Crippen LogP contribution in [0.3, 0.4) is 0 Å². The van der Waals surface area contributed by atoms with Crippen LogP contribution in [0.5, 0.6) is 0 Å². The summed E-state index contributed by atoms with van der Waals surface area (Å²) in [5.41, 5.74) is 0.418. The minimum atomic E-state index is -0.148. The van der Waals surface area contributed by atoms with Crippen LogP contribution in [0.15, 0.2) is 12.3 Å². The lowest BCUT2D eigenvalue weighted by atomic mass is 10.2. The maximum Gasteiger partial charge on any atom is 0.270 e. The van der Waals surface area contributed by atoms with Crippen molar-refractivity contribution in [2.75, 3.05) is 26.2 Å². The van der Waals surface area contributed by atoms with Crippen molar-refractivity contribution in [3.63, 3.8) is 0 Å². The summed E-state index contributed by atoms with van der Waals surface area (Å²) in [5.74, 6) is 0.457. The third-order valence-corrected chi connectivity index (χ3v) is 3.22. The van der Waals surface area contributed by atoms with Gasteiger partial charge in [-0.3, -0.25) is 9.69 Å². The molecule has 6 nitrogen and oxygen atoms in total. The molecule has 1 aliphatic rings. The first-order chi connectivity index (χ1) is 9.54. The summed E-state index contributed by atoms with van der Waals surface area (Å²) >= 11 is 0. The zero-order valence-corrected chi connectivity index (χ0v) is 12.3. The van der Waals surface area contributed by atoms with Crippen molar-refractivity contribution in [3.05, 3.63) is 23.8 Å². The van der Waals surface area contributed by atoms with Gasteiger partial charge in [-0.25, -0.2) is 9.97 Å².